The first-order valence-corrected chi connectivity index (χ1v) is 20.1. The van der Waals surface area contributed by atoms with Gasteiger partial charge in [0.1, 0.15) is 43.2 Å². The lowest BCUT2D eigenvalue weighted by Gasteiger charge is -2.69. The molecule has 0 aromatic carbocycles. The van der Waals surface area contributed by atoms with E-state index in [2.05, 4.69) is 34.6 Å². The summed E-state index contributed by atoms with van der Waals surface area (Å²) in [5.74, 6) is -0.00419. The summed E-state index contributed by atoms with van der Waals surface area (Å²) in [7, 11) is 1.55. The van der Waals surface area contributed by atoms with Crippen LogP contribution in [0.1, 0.15) is 120 Å². The number of carbonyl (C=O) groups is 2. The molecule has 6 rings (SSSR count). The average molecular weight is 753 g/mol. The fourth-order valence-electron chi connectivity index (χ4n) is 13.8. The van der Waals surface area contributed by atoms with Gasteiger partial charge in [-0.15, -0.1) is 0 Å². The standard InChI is InChI=1S/C41H68O12/c1-21(17-25(44)34(48)37(6,7)49-10)24-11-16-41-20-40(24,41)15-12-27-38(8)14-13-29(51-23(3)43)36(4,5)28(38)18-30(39(27,41)9)53-35-33(47)32(46)31(45)26(52-35)19-50-22(2)42/h21,24-35,44-48H,11-20H2,1-10H3/t21-,24-,25+,26+,27+,28-,29+,30+,31+,32-,33+,34-,35-,38+,39-,40+,41+/m0/s1. The Morgan fingerprint density at radius 1 is 0.887 bits per heavy atom. The van der Waals surface area contributed by atoms with Crippen molar-refractivity contribution in [2.75, 3.05) is 13.7 Å². The zero-order valence-electron chi connectivity index (χ0n) is 33.7. The number of hydrogen-bond donors (Lipinski definition) is 5. The number of methoxy groups -OCH3 is 1. The van der Waals surface area contributed by atoms with Crippen molar-refractivity contribution in [1.82, 2.24) is 0 Å². The van der Waals surface area contributed by atoms with Crippen molar-refractivity contribution >= 4 is 11.9 Å². The predicted octanol–water partition coefficient (Wildman–Crippen LogP) is 3.90. The Labute approximate surface area is 315 Å². The van der Waals surface area contributed by atoms with Gasteiger partial charge in [0.05, 0.1) is 17.8 Å². The molecule has 1 aliphatic heterocycles. The van der Waals surface area contributed by atoms with Crippen molar-refractivity contribution in [1.29, 1.82) is 0 Å². The van der Waals surface area contributed by atoms with Crippen LogP contribution in [0.15, 0.2) is 0 Å². The Balaban J connectivity index is 1.35. The zero-order chi connectivity index (χ0) is 39.3. The van der Waals surface area contributed by atoms with Gasteiger partial charge in [-0.25, -0.2) is 0 Å². The van der Waals surface area contributed by atoms with Crippen LogP contribution >= 0.6 is 0 Å². The molecule has 12 heteroatoms. The van der Waals surface area contributed by atoms with Gasteiger partial charge in [-0.2, -0.15) is 0 Å². The van der Waals surface area contributed by atoms with Crippen LogP contribution < -0.4 is 0 Å². The van der Waals surface area contributed by atoms with Gasteiger partial charge in [-0.05, 0) is 112 Å². The van der Waals surface area contributed by atoms with Crippen molar-refractivity contribution in [3.05, 3.63) is 0 Å². The maximum absolute atomic E-state index is 12.3. The van der Waals surface area contributed by atoms with Gasteiger partial charge in [-0.1, -0.05) is 34.6 Å². The molecule has 5 aliphatic carbocycles. The molecule has 6 aliphatic rings. The summed E-state index contributed by atoms with van der Waals surface area (Å²) in [5, 5.41) is 55.3. The summed E-state index contributed by atoms with van der Waals surface area (Å²) in [6.45, 7) is 17.4. The number of rotatable bonds is 11. The predicted molar refractivity (Wildman–Crippen MR) is 193 cm³/mol. The average Bonchev–Trinajstić information content (AvgIpc) is 3.65. The molecular weight excluding hydrogens is 684 g/mol. The highest BCUT2D eigenvalue weighted by molar-refractivity contribution is 5.66. The minimum Gasteiger partial charge on any atom is -0.463 e. The number of ether oxygens (including phenoxy) is 5. The van der Waals surface area contributed by atoms with E-state index in [1.165, 1.54) is 13.8 Å². The lowest BCUT2D eigenvalue weighted by atomic mass is 9.37. The quantitative estimate of drug-likeness (QED) is 0.152. The molecule has 53 heavy (non-hydrogen) atoms. The van der Waals surface area contributed by atoms with Crippen LogP contribution in [0.3, 0.4) is 0 Å². The van der Waals surface area contributed by atoms with Crippen molar-refractivity contribution in [2.45, 2.75) is 181 Å². The van der Waals surface area contributed by atoms with Crippen LogP contribution in [0, 0.1) is 50.7 Å². The van der Waals surface area contributed by atoms with Gasteiger partial charge in [-0.3, -0.25) is 9.59 Å². The fourth-order valence-corrected chi connectivity index (χ4v) is 13.8. The summed E-state index contributed by atoms with van der Waals surface area (Å²) in [4.78, 5) is 23.9. The summed E-state index contributed by atoms with van der Waals surface area (Å²) in [5.41, 5.74) is -1.74. The highest BCUT2D eigenvalue weighted by Gasteiger charge is 2.85. The van der Waals surface area contributed by atoms with Crippen molar-refractivity contribution < 1.29 is 58.8 Å². The molecule has 1 heterocycles. The van der Waals surface area contributed by atoms with E-state index in [-0.39, 0.29) is 63.5 Å². The molecule has 0 unspecified atom stereocenters. The second-order valence-electron chi connectivity index (χ2n) is 19.7. The summed E-state index contributed by atoms with van der Waals surface area (Å²) in [6, 6.07) is 0. The van der Waals surface area contributed by atoms with Gasteiger partial charge in [0.25, 0.3) is 0 Å². The molecule has 17 atom stereocenters. The van der Waals surface area contributed by atoms with Crippen molar-refractivity contribution in [3.63, 3.8) is 0 Å². The monoisotopic (exact) mass is 752 g/mol. The molecule has 0 radical (unpaired) electrons. The highest BCUT2D eigenvalue weighted by atomic mass is 16.7. The molecule has 0 aromatic heterocycles. The maximum Gasteiger partial charge on any atom is 0.302 e. The van der Waals surface area contributed by atoms with Crippen LogP contribution in [0.4, 0.5) is 0 Å². The molecule has 5 saturated carbocycles. The Hall–Kier alpha value is -1.38. The summed E-state index contributed by atoms with van der Waals surface area (Å²) < 4.78 is 29.8. The van der Waals surface area contributed by atoms with Crippen LogP contribution in [0.5, 0.6) is 0 Å². The number of aliphatic hydroxyl groups excluding tert-OH is 5. The van der Waals surface area contributed by atoms with Crippen LogP contribution in [-0.2, 0) is 33.3 Å². The van der Waals surface area contributed by atoms with Gasteiger partial charge in [0, 0.05) is 31.8 Å². The van der Waals surface area contributed by atoms with E-state index in [0.717, 1.165) is 44.9 Å². The van der Waals surface area contributed by atoms with E-state index < -0.39 is 60.6 Å². The Morgan fingerprint density at radius 2 is 1.57 bits per heavy atom. The number of carbonyl (C=O) groups excluding carboxylic acids is 2. The third-order valence-corrected chi connectivity index (χ3v) is 16.7. The first kappa shape index (κ1) is 41.3. The summed E-state index contributed by atoms with van der Waals surface area (Å²) >= 11 is 0. The third-order valence-electron chi connectivity index (χ3n) is 16.7. The highest BCUT2D eigenvalue weighted by Crippen LogP contribution is 2.91. The largest absolute Gasteiger partial charge is 0.463 e. The molecule has 1 saturated heterocycles. The number of fused-ring (bicyclic) bond motifs is 3. The minimum atomic E-state index is -1.57. The Morgan fingerprint density at radius 3 is 2.19 bits per heavy atom. The van der Waals surface area contributed by atoms with Crippen LogP contribution in [0.2, 0.25) is 0 Å². The smallest absolute Gasteiger partial charge is 0.302 e. The van der Waals surface area contributed by atoms with Gasteiger partial charge in [0.15, 0.2) is 6.29 Å². The topological polar surface area (TPSA) is 181 Å². The first-order chi connectivity index (χ1) is 24.5. The summed E-state index contributed by atoms with van der Waals surface area (Å²) in [6.07, 6.45) is -1.71. The molecule has 0 spiro atoms. The Kier molecular flexibility index (Phi) is 10.8. The van der Waals surface area contributed by atoms with E-state index in [4.69, 9.17) is 23.7 Å². The number of esters is 2. The van der Waals surface area contributed by atoms with Crippen LogP contribution in [-0.4, -0.2) is 112 Å². The number of aliphatic hydroxyl groups is 5. The Bertz CT molecular complexity index is 1390. The van der Waals surface area contributed by atoms with E-state index in [9.17, 15) is 35.1 Å². The van der Waals surface area contributed by atoms with Gasteiger partial charge in [0.2, 0.25) is 0 Å². The lowest BCUT2D eigenvalue weighted by Crippen LogP contribution is -2.68. The van der Waals surface area contributed by atoms with Crippen molar-refractivity contribution in [3.8, 4) is 0 Å². The zero-order valence-corrected chi connectivity index (χ0v) is 33.7. The second kappa shape index (κ2) is 13.9. The molecule has 5 N–H and O–H groups in total. The fraction of sp³-hybridized carbons (Fsp3) is 0.951. The molecule has 12 nitrogen and oxygen atoms in total. The number of hydrogen-bond acceptors (Lipinski definition) is 12. The molecule has 0 amide bonds. The lowest BCUT2D eigenvalue weighted by molar-refractivity contribution is -0.344. The van der Waals surface area contributed by atoms with E-state index in [1.807, 2.05) is 0 Å². The normalized spacial score (nSPS) is 47.5. The SMILES string of the molecule is COC(C)(C)[C@@H](O)[C@H](O)C[C@H](C)[C@@H]1CC[C@]23C[C@]12CC[C@@H]1[C@@]2(C)CC[C@@H](OC(C)=O)C(C)(C)[C@@H]2C[C@@H](O[C@@H]2O[C@H](COC(C)=O)[C@@H](O)[C@H](O)[C@H]2O)[C@]13C. The molecular formula is C41H68O12. The maximum atomic E-state index is 12.3. The van der Waals surface area contributed by atoms with Crippen LogP contribution in [0.25, 0.3) is 0 Å². The van der Waals surface area contributed by atoms with Gasteiger partial charge < -0.3 is 49.2 Å². The molecule has 6 fully saturated rings. The third kappa shape index (κ3) is 6.23. The van der Waals surface area contributed by atoms with E-state index in [0.29, 0.717) is 18.8 Å². The van der Waals surface area contributed by atoms with Gasteiger partial charge >= 0.3 is 11.9 Å². The molecule has 0 aromatic rings. The van der Waals surface area contributed by atoms with E-state index >= 15 is 0 Å². The minimum absolute atomic E-state index is 0.0357. The first-order valence-electron chi connectivity index (χ1n) is 20.1. The molecule has 304 valence electrons. The van der Waals surface area contributed by atoms with Crippen molar-refractivity contribution in [2.24, 2.45) is 50.7 Å². The van der Waals surface area contributed by atoms with E-state index in [1.54, 1.807) is 21.0 Å². The molecule has 0 bridgehead atoms. The second-order valence-corrected chi connectivity index (χ2v) is 19.7.